The molecule has 0 aromatic carbocycles. The zero-order chi connectivity index (χ0) is 8.55. The molecule has 0 aliphatic heterocycles. The molecule has 1 heterocycles. The highest BCUT2D eigenvalue weighted by Gasteiger charge is 2.36. The summed E-state index contributed by atoms with van der Waals surface area (Å²) >= 11 is 0. The third kappa shape index (κ3) is 1.22. The molecule has 3 heteroatoms. The Labute approximate surface area is 70.7 Å². The van der Waals surface area contributed by atoms with Crippen LogP contribution in [0.4, 0.5) is 0 Å². The first kappa shape index (κ1) is 7.40. The van der Waals surface area contributed by atoms with Gasteiger partial charge in [0.1, 0.15) is 17.7 Å². The average Bonchev–Trinajstić information content (AvgIpc) is 2.62. The van der Waals surface area contributed by atoms with Gasteiger partial charge in [0.05, 0.1) is 0 Å². The highest BCUT2D eigenvalue weighted by atomic mass is 16.4. The fraction of sp³-hybridized carbons (Fsp3) is 0.444. The normalized spacial score (nSPS) is 28.1. The summed E-state index contributed by atoms with van der Waals surface area (Å²) in [4.78, 5) is 0. The van der Waals surface area contributed by atoms with Crippen molar-refractivity contribution in [3.05, 3.63) is 23.7 Å². The number of furan rings is 1. The second-order valence-corrected chi connectivity index (χ2v) is 3.30. The zero-order valence-electron chi connectivity index (χ0n) is 6.90. The van der Waals surface area contributed by atoms with Gasteiger partial charge in [0.15, 0.2) is 0 Å². The van der Waals surface area contributed by atoms with Crippen molar-refractivity contribution in [3.8, 4) is 0 Å². The summed E-state index contributed by atoms with van der Waals surface area (Å²) in [7, 11) is 0. The number of hydrogen-bond donors (Lipinski definition) is 1. The number of oxime groups is 1. The Hall–Kier alpha value is -1.25. The van der Waals surface area contributed by atoms with Crippen LogP contribution in [-0.4, -0.2) is 11.4 Å². The molecule has 0 radical (unpaired) electrons. The Bertz CT molecular complexity index is 303. The minimum absolute atomic E-state index is 0.589. The van der Waals surface area contributed by atoms with E-state index in [0.717, 1.165) is 11.7 Å². The highest BCUT2D eigenvalue weighted by molar-refractivity contribution is 5.75. The van der Waals surface area contributed by atoms with Crippen LogP contribution < -0.4 is 0 Å². The third-order valence-electron chi connectivity index (χ3n) is 2.31. The Balaban J connectivity index is 2.14. The quantitative estimate of drug-likeness (QED) is 0.415. The van der Waals surface area contributed by atoms with Crippen molar-refractivity contribution in [2.75, 3.05) is 0 Å². The maximum absolute atomic E-state index is 8.24. The van der Waals surface area contributed by atoms with Crippen LogP contribution >= 0.6 is 0 Å². The Morgan fingerprint density at radius 1 is 1.67 bits per heavy atom. The molecule has 0 bridgehead atoms. The SMILES string of the molecule is C[C@@H]1C[C@@H]1c1ccc(C=NO)o1. The lowest BCUT2D eigenvalue weighted by molar-refractivity contribution is 0.320. The molecule has 1 saturated carbocycles. The van der Waals surface area contributed by atoms with E-state index in [1.807, 2.05) is 12.1 Å². The molecular weight excluding hydrogens is 154 g/mol. The molecule has 0 amide bonds. The topological polar surface area (TPSA) is 45.7 Å². The predicted octanol–water partition coefficient (Wildman–Crippen LogP) is 2.21. The van der Waals surface area contributed by atoms with Crippen molar-refractivity contribution in [1.29, 1.82) is 0 Å². The zero-order valence-corrected chi connectivity index (χ0v) is 6.90. The van der Waals surface area contributed by atoms with Crippen LogP contribution in [-0.2, 0) is 0 Å². The van der Waals surface area contributed by atoms with Gasteiger partial charge in [0, 0.05) is 5.92 Å². The molecule has 1 N–H and O–H groups in total. The molecule has 1 aromatic heterocycles. The first-order valence-electron chi connectivity index (χ1n) is 4.08. The van der Waals surface area contributed by atoms with Crippen LogP contribution in [0.3, 0.4) is 0 Å². The predicted molar refractivity (Wildman–Crippen MR) is 44.6 cm³/mol. The Morgan fingerprint density at radius 2 is 2.42 bits per heavy atom. The van der Waals surface area contributed by atoms with E-state index < -0.39 is 0 Å². The lowest BCUT2D eigenvalue weighted by atomic mass is 10.3. The van der Waals surface area contributed by atoms with Gasteiger partial charge in [0.2, 0.25) is 0 Å². The lowest BCUT2D eigenvalue weighted by Gasteiger charge is -1.88. The van der Waals surface area contributed by atoms with Gasteiger partial charge in [-0.1, -0.05) is 12.1 Å². The van der Waals surface area contributed by atoms with E-state index in [1.54, 1.807) is 0 Å². The van der Waals surface area contributed by atoms with Crippen LogP contribution in [0.25, 0.3) is 0 Å². The molecule has 2 atom stereocenters. The molecule has 3 nitrogen and oxygen atoms in total. The summed E-state index contributed by atoms with van der Waals surface area (Å²) in [5.41, 5.74) is 0. The van der Waals surface area contributed by atoms with E-state index in [-0.39, 0.29) is 0 Å². The van der Waals surface area contributed by atoms with E-state index in [4.69, 9.17) is 9.62 Å². The monoisotopic (exact) mass is 165 g/mol. The van der Waals surface area contributed by atoms with Crippen molar-refractivity contribution in [2.45, 2.75) is 19.3 Å². The van der Waals surface area contributed by atoms with Crippen LogP contribution in [0.2, 0.25) is 0 Å². The van der Waals surface area contributed by atoms with Crippen LogP contribution in [0.5, 0.6) is 0 Å². The molecule has 1 aliphatic rings. The van der Waals surface area contributed by atoms with E-state index in [9.17, 15) is 0 Å². The molecule has 0 unspecified atom stereocenters. The highest BCUT2D eigenvalue weighted by Crippen LogP contribution is 2.47. The number of hydrogen-bond acceptors (Lipinski definition) is 3. The van der Waals surface area contributed by atoms with Gasteiger partial charge in [-0.05, 0) is 24.5 Å². The van der Waals surface area contributed by atoms with Crippen molar-refractivity contribution >= 4 is 6.21 Å². The fourth-order valence-corrected chi connectivity index (χ4v) is 1.41. The van der Waals surface area contributed by atoms with Gasteiger partial charge in [-0.3, -0.25) is 0 Å². The van der Waals surface area contributed by atoms with Gasteiger partial charge in [-0.15, -0.1) is 0 Å². The van der Waals surface area contributed by atoms with Crippen molar-refractivity contribution in [3.63, 3.8) is 0 Å². The largest absolute Gasteiger partial charge is 0.460 e. The van der Waals surface area contributed by atoms with Crippen molar-refractivity contribution in [2.24, 2.45) is 11.1 Å². The van der Waals surface area contributed by atoms with Crippen LogP contribution in [0.1, 0.15) is 30.8 Å². The molecule has 0 spiro atoms. The van der Waals surface area contributed by atoms with Gasteiger partial charge in [0.25, 0.3) is 0 Å². The van der Waals surface area contributed by atoms with E-state index >= 15 is 0 Å². The van der Waals surface area contributed by atoms with Crippen LogP contribution in [0.15, 0.2) is 21.7 Å². The first-order valence-corrected chi connectivity index (χ1v) is 4.08. The van der Waals surface area contributed by atoms with Gasteiger partial charge < -0.3 is 9.62 Å². The maximum atomic E-state index is 8.24. The molecule has 12 heavy (non-hydrogen) atoms. The molecule has 64 valence electrons. The number of rotatable bonds is 2. The van der Waals surface area contributed by atoms with E-state index in [1.165, 1.54) is 12.6 Å². The minimum atomic E-state index is 0.589. The van der Waals surface area contributed by atoms with Crippen LogP contribution in [0, 0.1) is 5.92 Å². The standard InChI is InChI=1S/C9H11NO2/c1-6-4-8(6)9-3-2-7(12-9)5-10-11/h2-3,5-6,8,11H,4H2,1H3/t6-,8+/m1/s1. The third-order valence-corrected chi connectivity index (χ3v) is 2.31. The summed E-state index contributed by atoms with van der Waals surface area (Å²) in [5.74, 6) is 2.96. The van der Waals surface area contributed by atoms with Crippen molar-refractivity contribution in [1.82, 2.24) is 0 Å². The summed E-state index contributed by atoms with van der Waals surface area (Å²) in [6.07, 6.45) is 2.51. The second kappa shape index (κ2) is 2.66. The number of nitrogens with zero attached hydrogens (tertiary/aromatic N) is 1. The molecule has 1 aliphatic carbocycles. The van der Waals surface area contributed by atoms with E-state index in [0.29, 0.717) is 11.7 Å². The minimum Gasteiger partial charge on any atom is -0.460 e. The molecule has 2 rings (SSSR count). The van der Waals surface area contributed by atoms with E-state index in [2.05, 4.69) is 12.1 Å². The fourth-order valence-electron chi connectivity index (χ4n) is 1.41. The summed E-state index contributed by atoms with van der Waals surface area (Å²) in [6, 6.07) is 3.77. The molecule has 1 fully saturated rings. The second-order valence-electron chi connectivity index (χ2n) is 3.30. The van der Waals surface area contributed by atoms with Gasteiger partial charge in [-0.2, -0.15) is 0 Å². The van der Waals surface area contributed by atoms with Crippen molar-refractivity contribution < 1.29 is 9.62 Å². The molecule has 1 aromatic rings. The summed E-state index contributed by atoms with van der Waals surface area (Å²) in [5, 5.41) is 11.1. The maximum Gasteiger partial charge on any atom is 0.148 e. The Kier molecular flexibility index (Phi) is 1.64. The van der Waals surface area contributed by atoms with Gasteiger partial charge >= 0.3 is 0 Å². The first-order chi connectivity index (χ1) is 5.81. The summed E-state index contributed by atoms with van der Waals surface area (Å²) < 4.78 is 5.41. The lowest BCUT2D eigenvalue weighted by Crippen LogP contribution is -1.75. The molecule has 0 saturated heterocycles. The average molecular weight is 165 g/mol. The Morgan fingerprint density at radius 3 is 3.00 bits per heavy atom. The summed E-state index contributed by atoms with van der Waals surface area (Å²) in [6.45, 7) is 2.20. The van der Waals surface area contributed by atoms with Gasteiger partial charge in [-0.25, -0.2) is 0 Å². The smallest absolute Gasteiger partial charge is 0.148 e. The molecular formula is C9H11NO2.